The molecule has 1 aliphatic heterocycles. The second-order valence-electron chi connectivity index (χ2n) is 11.0. The summed E-state index contributed by atoms with van der Waals surface area (Å²) in [4.78, 5) is 48.3. The van der Waals surface area contributed by atoms with Crippen LogP contribution in [0.3, 0.4) is 0 Å². The Morgan fingerprint density at radius 1 is 1.11 bits per heavy atom. The Balaban J connectivity index is 1.60. The van der Waals surface area contributed by atoms with Crippen molar-refractivity contribution in [3.8, 4) is 0 Å². The molecule has 0 spiro atoms. The number of amides is 2. The molecule has 0 radical (unpaired) electrons. The van der Waals surface area contributed by atoms with E-state index in [1.165, 1.54) is 11.3 Å². The molecule has 2 N–H and O–H groups in total. The highest BCUT2D eigenvalue weighted by Gasteiger charge is 2.27. The standard InChI is InChI=1S/C24H37N5O5S/c1-15(14-25-21(31)33-23(2,3)4)12-17-26-16-13-18(35-19(16)20(30)27-17)28-8-10-29(11-9-28)22(32)34-24(5,6)7/h13,15H,8-12,14H2,1-7H3,(H,25,31)(H,26,27,30)/t15-/m1/s1. The van der Waals surface area contributed by atoms with Crippen molar-refractivity contribution in [3.05, 3.63) is 22.2 Å². The van der Waals surface area contributed by atoms with Crippen LogP contribution in [0.1, 0.15) is 54.3 Å². The fourth-order valence-electron chi connectivity index (χ4n) is 3.64. The zero-order valence-corrected chi connectivity index (χ0v) is 22.5. The van der Waals surface area contributed by atoms with Crippen molar-refractivity contribution >= 4 is 38.7 Å². The number of anilines is 1. The highest BCUT2D eigenvalue weighted by atomic mass is 32.1. The molecule has 0 aromatic carbocycles. The summed E-state index contributed by atoms with van der Waals surface area (Å²) >= 11 is 1.41. The summed E-state index contributed by atoms with van der Waals surface area (Å²) in [5, 5.41) is 3.72. The van der Waals surface area contributed by atoms with E-state index < -0.39 is 17.3 Å². The quantitative estimate of drug-likeness (QED) is 0.633. The van der Waals surface area contributed by atoms with Gasteiger partial charge >= 0.3 is 12.2 Å². The molecule has 2 aromatic rings. The maximum atomic E-state index is 12.7. The molecular weight excluding hydrogens is 470 g/mol. The largest absolute Gasteiger partial charge is 0.444 e. The summed E-state index contributed by atoms with van der Waals surface area (Å²) in [6.45, 7) is 15.8. The number of aromatic nitrogens is 2. The number of alkyl carbamates (subject to hydrolysis) is 1. The number of carbonyl (C=O) groups is 2. The number of hydrogen-bond donors (Lipinski definition) is 2. The van der Waals surface area contributed by atoms with Crippen molar-refractivity contribution < 1.29 is 19.1 Å². The number of nitrogens with one attached hydrogen (secondary N) is 2. The third kappa shape index (κ3) is 7.84. The van der Waals surface area contributed by atoms with Gasteiger partial charge in [0.2, 0.25) is 0 Å². The molecule has 2 aromatic heterocycles. The summed E-state index contributed by atoms with van der Waals surface area (Å²) in [7, 11) is 0. The van der Waals surface area contributed by atoms with Crippen molar-refractivity contribution in [2.75, 3.05) is 37.6 Å². The Bertz CT molecular complexity index is 1110. The normalized spacial score (nSPS) is 15.7. The van der Waals surface area contributed by atoms with Crippen LogP contribution < -0.4 is 15.8 Å². The SMILES string of the molecule is C[C@@H](CNC(=O)OC(C)(C)C)Cc1nc2cc(N3CCN(C(=O)OC(C)(C)C)CC3)sc2c(=O)[nH]1. The number of H-pyrrole nitrogens is 1. The van der Waals surface area contributed by atoms with Gasteiger partial charge in [0.15, 0.2) is 0 Å². The second-order valence-corrected chi connectivity index (χ2v) is 12.0. The molecule has 1 saturated heterocycles. The van der Waals surface area contributed by atoms with Gasteiger partial charge in [-0.1, -0.05) is 6.92 Å². The van der Waals surface area contributed by atoms with Gasteiger partial charge in [-0.25, -0.2) is 14.6 Å². The Morgan fingerprint density at radius 2 is 1.74 bits per heavy atom. The van der Waals surface area contributed by atoms with Gasteiger partial charge in [-0.05, 0) is 53.5 Å². The monoisotopic (exact) mass is 507 g/mol. The second kappa shape index (κ2) is 10.4. The number of rotatable bonds is 5. The number of ether oxygens (including phenoxy) is 2. The Hall–Kier alpha value is -2.82. The van der Waals surface area contributed by atoms with E-state index in [1.807, 2.05) is 54.5 Å². The summed E-state index contributed by atoms with van der Waals surface area (Å²) in [6.07, 6.45) is -0.247. The van der Waals surface area contributed by atoms with E-state index in [0.29, 0.717) is 55.2 Å². The summed E-state index contributed by atoms with van der Waals surface area (Å²) in [6, 6.07) is 1.94. The Kier molecular flexibility index (Phi) is 7.98. The highest BCUT2D eigenvalue weighted by Crippen LogP contribution is 2.30. The fourth-order valence-corrected chi connectivity index (χ4v) is 4.68. The molecule has 2 amide bonds. The van der Waals surface area contributed by atoms with Crippen LogP contribution in [-0.2, 0) is 15.9 Å². The van der Waals surface area contributed by atoms with Crippen LogP contribution >= 0.6 is 11.3 Å². The molecule has 194 valence electrons. The van der Waals surface area contributed by atoms with Crippen LogP contribution in [0, 0.1) is 5.92 Å². The maximum Gasteiger partial charge on any atom is 0.410 e. The average molecular weight is 508 g/mol. The molecular formula is C24H37N5O5S. The van der Waals surface area contributed by atoms with Crippen LogP contribution in [0.2, 0.25) is 0 Å². The number of piperazine rings is 1. The van der Waals surface area contributed by atoms with E-state index in [1.54, 1.807) is 4.90 Å². The average Bonchev–Trinajstić information content (AvgIpc) is 3.15. The maximum absolute atomic E-state index is 12.7. The van der Waals surface area contributed by atoms with Gasteiger partial charge in [0.25, 0.3) is 5.56 Å². The van der Waals surface area contributed by atoms with Crippen molar-refractivity contribution in [3.63, 3.8) is 0 Å². The molecule has 11 heteroatoms. The number of carbonyl (C=O) groups excluding carboxylic acids is 2. The van der Waals surface area contributed by atoms with Crippen molar-refractivity contribution in [1.82, 2.24) is 20.2 Å². The minimum atomic E-state index is -0.551. The Morgan fingerprint density at radius 3 is 2.34 bits per heavy atom. The lowest BCUT2D eigenvalue weighted by atomic mass is 10.1. The number of thiophene rings is 1. The zero-order chi connectivity index (χ0) is 26.0. The molecule has 3 heterocycles. The first-order chi connectivity index (χ1) is 16.2. The molecule has 1 atom stereocenters. The predicted octanol–water partition coefficient (Wildman–Crippen LogP) is 3.75. The van der Waals surface area contributed by atoms with Gasteiger partial charge in [-0.3, -0.25) is 4.79 Å². The lowest BCUT2D eigenvalue weighted by Crippen LogP contribution is -2.49. The molecule has 10 nitrogen and oxygen atoms in total. The third-order valence-corrected chi connectivity index (χ3v) is 6.38. The van der Waals surface area contributed by atoms with Crippen LogP contribution in [0.15, 0.2) is 10.9 Å². The summed E-state index contributed by atoms with van der Waals surface area (Å²) in [5.74, 6) is 0.641. The lowest BCUT2D eigenvalue weighted by molar-refractivity contribution is 0.0240. The van der Waals surface area contributed by atoms with Crippen LogP contribution in [-0.4, -0.2) is 71.0 Å². The van der Waals surface area contributed by atoms with Crippen LogP contribution in [0.4, 0.5) is 14.6 Å². The molecule has 0 unspecified atom stereocenters. The van der Waals surface area contributed by atoms with Crippen LogP contribution in [0.5, 0.6) is 0 Å². The zero-order valence-electron chi connectivity index (χ0n) is 21.7. The first-order valence-corrected chi connectivity index (χ1v) is 12.7. The van der Waals surface area contributed by atoms with Gasteiger partial charge in [0, 0.05) is 39.1 Å². The topological polar surface area (TPSA) is 117 Å². The highest BCUT2D eigenvalue weighted by molar-refractivity contribution is 7.22. The molecule has 35 heavy (non-hydrogen) atoms. The first kappa shape index (κ1) is 26.8. The molecule has 0 aliphatic carbocycles. The molecule has 0 saturated carbocycles. The number of nitrogens with zero attached hydrogens (tertiary/aromatic N) is 3. The smallest absolute Gasteiger partial charge is 0.410 e. The molecule has 1 fully saturated rings. The van der Waals surface area contributed by atoms with Crippen molar-refractivity contribution in [2.45, 2.75) is 66.1 Å². The Labute approximate surface area is 210 Å². The van der Waals surface area contributed by atoms with E-state index in [0.717, 1.165) is 5.00 Å². The predicted molar refractivity (Wildman–Crippen MR) is 137 cm³/mol. The molecule has 0 bridgehead atoms. The summed E-state index contributed by atoms with van der Waals surface area (Å²) < 4.78 is 11.3. The van der Waals surface area contributed by atoms with Gasteiger partial charge in [0.05, 0.1) is 10.5 Å². The third-order valence-electron chi connectivity index (χ3n) is 5.20. The lowest BCUT2D eigenvalue weighted by Gasteiger charge is -2.36. The minimum absolute atomic E-state index is 0.0576. The van der Waals surface area contributed by atoms with E-state index in [4.69, 9.17) is 9.47 Å². The van der Waals surface area contributed by atoms with E-state index in [2.05, 4.69) is 20.2 Å². The number of fused-ring (bicyclic) bond motifs is 1. The van der Waals surface area contributed by atoms with Crippen LogP contribution in [0.25, 0.3) is 10.2 Å². The minimum Gasteiger partial charge on any atom is -0.444 e. The van der Waals surface area contributed by atoms with Gasteiger partial charge in [-0.2, -0.15) is 0 Å². The van der Waals surface area contributed by atoms with Crippen molar-refractivity contribution in [1.29, 1.82) is 0 Å². The van der Waals surface area contributed by atoms with E-state index in [9.17, 15) is 14.4 Å². The molecule has 3 rings (SSSR count). The molecule has 1 aliphatic rings. The first-order valence-electron chi connectivity index (χ1n) is 11.9. The number of hydrogen-bond acceptors (Lipinski definition) is 8. The van der Waals surface area contributed by atoms with Gasteiger partial charge in [-0.15, -0.1) is 11.3 Å². The fraction of sp³-hybridized carbons (Fsp3) is 0.667. The number of aromatic amines is 1. The van der Waals surface area contributed by atoms with E-state index >= 15 is 0 Å². The van der Waals surface area contributed by atoms with Gasteiger partial charge in [0.1, 0.15) is 21.7 Å². The van der Waals surface area contributed by atoms with Gasteiger partial charge < -0.3 is 29.6 Å². The summed E-state index contributed by atoms with van der Waals surface area (Å²) in [5.41, 5.74) is -0.580. The van der Waals surface area contributed by atoms with E-state index in [-0.39, 0.29) is 17.6 Å². The van der Waals surface area contributed by atoms with Crippen molar-refractivity contribution in [2.24, 2.45) is 5.92 Å².